The fraction of sp³-hybridized carbons (Fsp3) is 0.533. The summed E-state index contributed by atoms with van der Waals surface area (Å²) in [5.41, 5.74) is 7.54. The van der Waals surface area contributed by atoms with Crippen molar-refractivity contribution in [1.82, 2.24) is 5.32 Å². The molecule has 2 rings (SSSR count). The molecule has 1 unspecified atom stereocenters. The van der Waals surface area contributed by atoms with Crippen LogP contribution in [0.15, 0.2) is 24.3 Å². The lowest BCUT2D eigenvalue weighted by atomic mass is 10.0. The third-order valence-electron chi connectivity index (χ3n) is 3.67. The van der Waals surface area contributed by atoms with E-state index in [2.05, 4.69) is 5.32 Å². The second-order valence-electron chi connectivity index (χ2n) is 5.16. The molecule has 0 aliphatic heterocycles. The van der Waals surface area contributed by atoms with E-state index in [0.717, 1.165) is 24.0 Å². The van der Waals surface area contributed by atoms with Gasteiger partial charge in [0.15, 0.2) is 0 Å². The molecule has 104 valence electrons. The number of ether oxygens (including phenoxy) is 1. The molecule has 1 aromatic carbocycles. The van der Waals surface area contributed by atoms with Gasteiger partial charge in [-0.3, -0.25) is 10.1 Å². The third kappa shape index (κ3) is 3.78. The Kier molecular flexibility index (Phi) is 4.93. The van der Waals surface area contributed by atoms with Crippen molar-refractivity contribution in [1.29, 1.82) is 0 Å². The first-order valence-corrected chi connectivity index (χ1v) is 6.84. The van der Waals surface area contributed by atoms with Crippen LogP contribution in [0.4, 0.5) is 0 Å². The second kappa shape index (κ2) is 6.68. The molecule has 4 nitrogen and oxygen atoms in total. The number of carbonyl (C=O) groups excluding carboxylic acids is 1. The number of amides is 1. The minimum atomic E-state index is -0.389. The van der Waals surface area contributed by atoms with Gasteiger partial charge in [0.05, 0.1) is 6.61 Å². The van der Waals surface area contributed by atoms with Crippen LogP contribution in [0.5, 0.6) is 0 Å². The largest absolute Gasteiger partial charge is 0.380 e. The summed E-state index contributed by atoms with van der Waals surface area (Å²) >= 11 is 0. The fourth-order valence-electron chi connectivity index (χ4n) is 2.64. The Morgan fingerprint density at radius 1 is 1.37 bits per heavy atom. The Morgan fingerprint density at radius 3 is 2.53 bits per heavy atom. The summed E-state index contributed by atoms with van der Waals surface area (Å²) < 4.78 is 5.08. The number of benzene rings is 1. The number of rotatable bonds is 6. The van der Waals surface area contributed by atoms with Gasteiger partial charge in [-0.05, 0) is 24.0 Å². The van der Waals surface area contributed by atoms with E-state index >= 15 is 0 Å². The maximum absolute atomic E-state index is 11.6. The van der Waals surface area contributed by atoms with Gasteiger partial charge in [0.1, 0.15) is 6.04 Å². The van der Waals surface area contributed by atoms with Crippen molar-refractivity contribution in [3.8, 4) is 0 Å². The van der Waals surface area contributed by atoms with Gasteiger partial charge in [0.2, 0.25) is 5.91 Å². The minimum absolute atomic E-state index is 0.314. The van der Waals surface area contributed by atoms with E-state index in [1.807, 2.05) is 24.3 Å². The van der Waals surface area contributed by atoms with Crippen LogP contribution in [0.3, 0.4) is 0 Å². The van der Waals surface area contributed by atoms with Gasteiger partial charge >= 0.3 is 0 Å². The van der Waals surface area contributed by atoms with Gasteiger partial charge < -0.3 is 10.5 Å². The van der Waals surface area contributed by atoms with Crippen LogP contribution < -0.4 is 11.1 Å². The summed E-state index contributed by atoms with van der Waals surface area (Å²) in [7, 11) is 1.67. The van der Waals surface area contributed by atoms with Gasteiger partial charge in [-0.25, -0.2) is 0 Å². The maximum atomic E-state index is 11.6. The highest BCUT2D eigenvalue weighted by Crippen LogP contribution is 2.22. The zero-order valence-electron chi connectivity index (χ0n) is 11.4. The van der Waals surface area contributed by atoms with E-state index in [9.17, 15) is 4.79 Å². The van der Waals surface area contributed by atoms with Crippen LogP contribution in [0.25, 0.3) is 0 Å². The number of nitrogens with one attached hydrogen (secondary N) is 1. The Bertz CT molecular complexity index is 411. The van der Waals surface area contributed by atoms with Crippen molar-refractivity contribution in [2.45, 2.75) is 44.4 Å². The highest BCUT2D eigenvalue weighted by Gasteiger charge is 2.23. The van der Waals surface area contributed by atoms with Crippen LogP contribution in [0, 0.1) is 0 Å². The first-order chi connectivity index (χ1) is 9.20. The van der Waals surface area contributed by atoms with E-state index in [0.29, 0.717) is 12.6 Å². The summed E-state index contributed by atoms with van der Waals surface area (Å²) in [6, 6.07) is 7.88. The van der Waals surface area contributed by atoms with Gasteiger partial charge in [0.25, 0.3) is 0 Å². The van der Waals surface area contributed by atoms with Gasteiger partial charge in [-0.15, -0.1) is 0 Å². The second-order valence-corrected chi connectivity index (χ2v) is 5.16. The molecule has 4 heteroatoms. The Labute approximate surface area is 114 Å². The maximum Gasteiger partial charge on any atom is 0.239 e. The van der Waals surface area contributed by atoms with Crippen molar-refractivity contribution < 1.29 is 9.53 Å². The normalized spacial score (nSPS) is 17.5. The summed E-state index contributed by atoms with van der Waals surface area (Å²) in [6.45, 7) is 0.581. The van der Waals surface area contributed by atoms with Gasteiger partial charge in [-0.1, -0.05) is 37.1 Å². The van der Waals surface area contributed by atoms with Crippen molar-refractivity contribution in [3.63, 3.8) is 0 Å². The monoisotopic (exact) mass is 262 g/mol. The average molecular weight is 262 g/mol. The molecule has 0 spiro atoms. The quantitative estimate of drug-likeness (QED) is 0.823. The Balaban J connectivity index is 2.07. The molecule has 0 heterocycles. The molecular formula is C15H22N2O2. The zero-order valence-corrected chi connectivity index (χ0v) is 11.4. The SMILES string of the molecule is COCc1ccc(C(NC2CCCC2)C(N)=O)cc1. The highest BCUT2D eigenvalue weighted by molar-refractivity contribution is 5.81. The van der Waals surface area contributed by atoms with E-state index < -0.39 is 0 Å². The molecule has 1 aliphatic rings. The molecule has 3 N–H and O–H groups in total. The summed E-state index contributed by atoms with van der Waals surface area (Å²) in [6.07, 6.45) is 4.73. The van der Waals surface area contributed by atoms with Crippen molar-refractivity contribution in [2.75, 3.05) is 7.11 Å². The summed E-state index contributed by atoms with van der Waals surface area (Å²) in [5, 5.41) is 3.38. The number of nitrogens with two attached hydrogens (primary N) is 1. The molecule has 1 aromatic rings. The van der Waals surface area contributed by atoms with Gasteiger partial charge in [-0.2, -0.15) is 0 Å². The van der Waals surface area contributed by atoms with Gasteiger partial charge in [0, 0.05) is 13.2 Å². The summed E-state index contributed by atoms with van der Waals surface area (Å²) in [4.78, 5) is 11.6. The lowest BCUT2D eigenvalue weighted by Gasteiger charge is -2.20. The molecule has 1 atom stereocenters. The molecular weight excluding hydrogens is 240 g/mol. The fourth-order valence-corrected chi connectivity index (χ4v) is 2.64. The van der Waals surface area contributed by atoms with E-state index in [1.165, 1.54) is 12.8 Å². The molecule has 19 heavy (non-hydrogen) atoms. The number of hydrogen-bond acceptors (Lipinski definition) is 3. The molecule has 1 amide bonds. The van der Waals surface area contributed by atoms with Crippen molar-refractivity contribution >= 4 is 5.91 Å². The smallest absolute Gasteiger partial charge is 0.239 e. The Morgan fingerprint density at radius 2 is 2.00 bits per heavy atom. The van der Waals surface area contributed by atoms with Crippen LogP contribution in [0.2, 0.25) is 0 Å². The predicted octanol–water partition coefficient (Wildman–Crippen LogP) is 1.89. The number of methoxy groups -OCH3 is 1. The first kappa shape index (κ1) is 14.0. The molecule has 1 saturated carbocycles. The summed E-state index contributed by atoms with van der Waals surface area (Å²) in [5.74, 6) is -0.314. The average Bonchev–Trinajstić information content (AvgIpc) is 2.90. The van der Waals surface area contributed by atoms with Crippen LogP contribution >= 0.6 is 0 Å². The molecule has 0 saturated heterocycles. The Hall–Kier alpha value is -1.39. The van der Waals surface area contributed by atoms with Crippen LogP contribution in [0.1, 0.15) is 42.9 Å². The molecule has 1 fully saturated rings. The number of carbonyl (C=O) groups is 1. The van der Waals surface area contributed by atoms with Crippen molar-refractivity contribution in [3.05, 3.63) is 35.4 Å². The lowest BCUT2D eigenvalue weighted by Crippen LogP contribution is -2.38. The van der Waals surface area contributed by atoms with E-state index in [1.54, 1.807) is 7.11 Å². The zero-order chi connectivity index (χ0) is 13.7. The van der Waals surface area contributed by atoms with E-state index in [-0.39, 0.29) is 11.9 Å². The third-order valence-corrected chi connectivity index (χ3v) is 3.67. The molecule has 1 aliphatic carbocycles. The van der Waals surface area contributed by atoms with Crippen LogP contribution in [-0.4, -0.2) is 19.1 Å². The van der Waals surface area contributed by atoms with E-state index in [4.69, 9.17) is 10.5 Å². The molecule has 0 aromatic heterocycles. The topological polar surface area (TPSA) is 64.3 Å². The number of primary amides is 1. The number of hydrogen-bond donors (Lipinski definition) is 2. The highest BCUT2D eigenvalue weighted by atomic mass is 16.5. The molecule has 0 radical (unpaired) electrons. The molecule has 0 bridgehead atoms. The van der Waals surface area contributed by atoms with Crippen LogP contribution in [-0.2, 0) is 16.1 Å². The predicted molar refractivity (Wildman–Crippen MR) is 74.5 cm³/mol. The lowest BCUT2D eigenvalue weighted by molar-refractivity contribution is -0.120. The first-order valence-electron chi connectivity index (χ1n) is 6.84. The van der Waals surface area contributed by atoms with Crippen molar-refractivity contribution in [2.24, 2.45) is 5.73 Å². The standard InChI is InChI=1S/C15H22N2O2/c1-19-10-11-6-8-12(9-7-11)14(15(16)18)17-13-4-2-3-5-13/h6-9,13-14,17H,2-5,10H2,1H3,(H2,16,18). The minimum Gasteiger partial charge on any atom is -0.380 e.